The van der Waals surface area contributed by atoms with Crippen LogP contribution in [-0.4, -0.2) is 17.8 Å². The summed E-state index contributed by atoms with van der Waals surface area (Å²) >= 11 is 1.98. The van der Waals surface area contributed by atoms with Gasteiger partial charge in [-0.05, 0) is 24.5 Å². The van der Waals surface area contributed by atoms with E-state index in [0.29, 0.717) is 5.44 Å². The minimum atomic E-state index is 0.499. The molecule has 0 aromatic rings. The fourth-order valence-corrected chi connectivity index (χ4v) is 2.37. The third kappa shape index (κ3) is 3.48. The second kappa shape index (κ2) is 5.04. The Hall–Kier alpha value is 0.310. The summed E-state index contributed by atoms with van der Waals surface area (Å²) in [6.45, 7) is 5.53. The molecule has 0 bridgehead atoms. The molecule has 1 heterocycles. The number of ether oxygens (including phenoxy) is 1. The SMILES string of the molecule is CCC(C)CC1OCCCS1. The lowest BCUT2D eigenvalue weighted by Gasteiger charge is -2.24. The van der Waals surface area contributed by atoms with Gasteiger partial charge in [0.25, 0.3) is 0 Å². The molecule has 1 nitrogen and oxygen atoms in total. The molecule has 2 unspecified atom stereocenters. The summed E-state index contributed by atoms with van der Waals surface area (Å²) in [4.78, 5) is 0. The molecule has 2 heteroatoms. The van der Waals surface area contributed by atoms with Crippen LogP contribution in [0.3, 0.4) is 0 Å². The average molecular weight is 174 g/mol. The van der Waals surface area contributed by atoms with E-state index in [1.807, 2.05) is 11.8 Å². The summed E-state index contributed by atoms with van der Waals surface area (Å²) in [5.74, 6) is 2.12. The van der Waals surface area contributed by atoms with E-state index < -0.39 is 0 Å². The predicted octanol–water partition coefficient (Wildman–Crippen LogP) is 2.90. The summed E-state index contributed by atoms with van der Waals surface area (Å²) in [7, 11) is 0. The number of hydrogen-bond donors (Lipinski definition) is 0. The average Bonchev–Trinajstić information content (AvgIpc) is 2.06. The first-order valence-corrected chi connectivity index (χ1v) is 5.61. The Labute approximate surface area is 73.9 Å². The van der Waals surface area contributed by atoms with Crippen LogP contribution < -0.4 is 0 Å². The van der Waals surface area contributed by atoms with Crippen LogP contribution in [-0.2, 0) is 4.74 Å². The van der Waals surface area contributed by atoms with Gasteiger partial charge in [0.15, 0.2) is 0 Å². The zero-order valence-electron chi connectivity index (χ0n) is 7.51. The van der Waals surface area contributed by atoms with E-state index in [2.05, 4.69) is 13.8 Å². The van der Waals surface area contributed by atoms with Crippen LogP contribution in [0.2, 0.25) is 0 Å². The maximum absolute atomic E-state index is 5.61. The van der Waals surface area contributed by atoms with E-state index in [1.54, 1.807) is 0 Å². The van der Waals surface area contributed by atoms with Crippen LogP contribution in [0.4, 0.5) is 0 Å². The molecular weight excluding hydrogens is 156 g/mol. The van der Waals surface area contributed by atoms with Crippen molar-refractivity contribution in [3.63, 3.8) is 0 Å². The van der Waals surface area contributed by atoms with Crippen LogP contribution in [0.1, 0.15) is 33.1 Å². The van der Waals surface area contributed by atoms with Crippen LogP contribution in [0.15, 0.2) is 0 Å². The molecule has 1 aliphatic rings. The third-order valence-electron chi connectivity index (χ3n) is 2.19. The highest BCUT2D eigenvalue weighted by atomic mass is 32.2. The molecule has 0 saturated carbocycles. The smallest absolute Gasteiger partial charge is 0.103 e. The van der Waals surface area contributed by atoms with Gasteiger partial charge in [-0.25, -0.2) is 0 Å². The summed E-state index contributed by atoms with van der Waals surface area (Å²) in [5.41, 5.74) is 0.499. The fourth-order valence-electron chi connectivity index (χ4n) is 1.17. The van der Waals surface area contributed by atoms with Crippen molar-refractivity contribution in [3.8, 4) is 0 Å². The molecule has 0 spiro atoms. The van der Waals surface area contributed by atoms with E-state index in [9.17, 15) is 0 Å². The molecule has 1 fully saturated rings. The first-order chi connectivity index (χ1) is 5.33. The standard InChI is InChI=1S/C9H18OS/c1-3-8(2)7-9-10-5-4-6-11-9/h8-9H,3-7H2,1-2H3. The van der Waals surface area contributed by atoms with Crippen molar-refractivity contribution >= 4 is 11.8 Å². The van der Waals surface area contributed by atoms with E-state index >= 15 is 0 Å². The number of hydrogen-bond acceptors (Lipinski definition) is 2. The zero-order valence-corrected chi connectivity index (χ0v) is 8.32. The van der Waals surface area contributed by atoms with Crippen LogP contribution >= 0.6 is 11.8 Å². The van der Waals surface area contributed by atoms with Gasteiger partial charge in [-0.1, -0.05) is 20.3 Å². The number of thioether (sulfide) groups is 1. The van der Waals surface area contributed by atoms with Crippen molar-refractivity contribution in [1.29, 1.82) is 0 Å². The quantitative estimate of drug-likeness (QED) is 0.650. The van der Waals surface area contributed by atoms with Gasteiger partial charge in [0.2, 0.25) is 0 Å². The molecule has 66 valence electrons. The van der Waals surface area contributed by atoms with Crippen molar-refractivity contribution in [2.75, 3.05) is 12.4 Å². The molecule has 1 saturated heterocycles. The Kier molecular flexibility index (Phi) is 4.31. The van der Waals surface area contributed by atoms with E-state index in [0.717, 1.165) is 12.5 Å². The molecule has 0 aromatic heterocycles. The molecular formula is C9H18OS. The molecule has 0 aromatic carbocycles. The molecule has 1 aliphatic heterocycles. The molecule has 0 aliphatic carbocycles. The third-order valence-corrected chi connectivity index (χ3v) is 3.41. The van der Waals surface area contributed by atoms with Gasteiger partial charge in [-0.2, -0.15) is 0 Å². The van der Waals surface area contributed by atoms with Gasteiger partial charge in [0, 0.05) is 6.61 Å². The lowest BCUT2D eigenvalue weighted by atomic mass is 10.1. The summed E-state index contributed by atoms with van der Waals surface area (Å²) in [5, 5.41) is 0. The fraction of sp³-hybridized carbons (Fsp3) is 1.00. The van der Waals surface area contributed by atoms with Crippen molar-refractivity contribution in [1.82, 2.24) is 0 Å². The highest BCUT2D eigenvalue weighted by Gasteiger charge is 2.16. The minimum absolute atomic E-state index is 0.499. The molecule has 11 heavy (non-hydrogen) atoms. The van der Waals surface area contributed by atoms with E-state index in [4.69, 9.17) is 4.74 Å². The van der Waals surface area contributed by atoms with Crippen molar-refractivity contribution < 1.29 is 4.74 Å². The first kappa shape index (κ1) is 9.40. The van der Waals surface area contributed by atoms with Crippen molar-refractivity contribution in [3.05, 3.63) is 0 Å². The van der Waals surface area contributed by atoms with Gasteiger partial charge < -0.3 is 4.74 Å². The Bertz CT molecular complexity index is 99.7. The second-order valence-electron chi connectivity index (χ2n) is 3.27. The summed E-state index contributed by atoms with van der Waals surface area (Å²) in [6, 6.07) is 0. The highest BCUT2D eigenvalue weighted by molar-refractivity contribution is 7.99. The second-order valence-corrected chi connectivity index (χ2v) is 4.54. The summed E-state index contributed by atoms with van der Waals surface area (Å²) in [6.07, 6.45) is 3.75. The largest absolute Gasteiger partial charge is 0.368 e. The van der Waals surface area contributed by atoms with Gasteiger partial charge in [0.1, 0.15) is 5.44 Å². The lowest BCUT2D eigenvalue weighted by Crippen LogP contribution is -2.18. The van der Waals surface area contributed by atoms with E-state index in [-0.39, 0.29) is 0 Å². The highest BCUT2D eigenvalue weighted by Crippen LogP contribution is 2.26. The Balaban J connectivity index is 2.13. The Morgan fingerprint density at radius 1 is 1.64 bits per heavy atom. The van der Waals surface area contributed by atoms with Crippen molar-refractivity contribution in [2.24, 2.45) is 5.92 Å². The van der Waals surface area contributed by atoms with Gasteiger partial charge in [-0.15, -0.1) is 11.8 Å². The topological polar surface area (TPSA) is 9.23 Å². The van der Waals surface area contributed by atoms with Crippen LogP contribution in [0.5, 0.6) is 0 Å². The predicted molar refractivity (Wildman–Crippen MR) is 50.9 cm³/mol. The summed E-state index contributed by atoms with van der Waals surface area (Å²) < 4.78 is 5.61. The minimum Gasteiger partial charge on any atom is -0.368 e. The molecule has 0 amide bonds. The normalized spacial score (nSPS) is 28.4. The monoisotopic (exact) mass is 174 g/mol. The van der Waals surface area contributed by atoms with Crippen LogP contribution in [0, 0.1) is 5.92 Å². The lowest BCUT2D eigenvalue weighted by molar-refractivity contribution is 0.0901. The molecule has 1 rings (SSSR count). The number of rotatable bonds is 3. The van der Waals surface area contributed by atoms with Gasteiger partial charge in [0.05, 0.1) is 0 Å². The van der Waals surface area contributed by atoms with Crippen LogP contribution in [0.25, 0.3) is 0 Å². The van der Waals surface area contributed by atoms with Gasteiger partial charge in [-0.3, -0.25) is 0 Å². The van der Waals surface area contributed by atoms with E-state index in [1.165, 1.54) is 25.0 Å². The molecule has 0 N–H and O–H groups in total. The maximum atomic E-state index is 5.61. The Morgan fingerprint density at radius 2 is 2.45 bits per heavy atom. The maximum Gasteiger partial charge on any atom is 0.103 e. The van der Waals surface area contributed by atoms with Gasteiger partial charge >= 0.3 is 0 Å². The zero-order chi connectivity index (χ0) is 8.10. The first-order valence-electron chi connectivity index (χ1n) is 4.56. The van der Waals surface area contributed by atoms with Crippen molar-refractivity contribution in [2.45, 2.75) is 38.5 Å². The Morgan fingerprint density at radius 3 is 3.00 bits per heavy atom. The molecule has 2 atom stereocenters. The molecule has 0 radical (unpaired) electrons.